The van der Waals surface area contributed by atoms with E-state index in [1.165, 1.54) is 12.4 Å². The Morgan fingerprint density at radius 1 is 1.40 bits per heavy atom. The Balaban J connectivity index is 1.74. The molecule has 1 aromatic carbocycles. The predicted octanol–water partition coefficient (Wildman–Crippen LogP) is 0.718. The largest absolute Gasteiger partial charge is 0.396 e. The Bertz CT molecular complexity index is 1200. The van der Waals surface area contributed by atoms with Crippen LogP contribution < -0.4 is 5.48 Å². The number of benzene rings is 1. The van der Waals surface area contributed by atoms with Crippen LogP contribution in [0.25, 0.3) is 10.9 Å². The molecule has 1 saturated carbocycles. The first-order valence-electron chi connectivity index (χ1n) is 9.41. The minimum Gasteiger partial charge on any atom is -0.396 e. The van der Waals surface area contributed by atoms with Crippen LogP contribution in [0.3, 0.4) is 0 Å². The van der Waals surface area contributed by atoms with Gasteiger partial charge in [-0.2, -0.15) is 5.10 Å². The lowest BCUT2D eigenvalue weighted by molar-refractivity contribution is -0.131. The maximum absolute atomic E-state index is 12.1. The molecular weight excluding hydrogens is 406 g/mol. The van der Waals surface area contributed by atoms with E-state index < -0.39 is 20.5 Å². The Morgan fingerprint density at radius 2 is 2.17 bits per heavy atom. The zero-order valence-corrected chi connectivity index (χ0v) is 17.5. The second-order valence-corrected chi connectivity index (χ2v) is 10.1. The highest BCUT2D eigenvalue weighted by Crippen LogP contribution is 2.36. The number of aromatic nitrogens is 2. The minimum absolute atomic E-state index is 0.0534. The molecule has 0 bridgehead atoms. The van der Waals surface area contributed by atoms with Gasteiger partial charge in [0, 0.05) is 36.3 Å². The van der Waals surface area contributed by atoms with Crippen molar-refractivity contribution in [2.45, 2.75) is 31.1 Å². The van der Waals surface area contributed by atoms with Gasteiger partial charge in [0.1, 0.15) is 0 Å². The highest BCUT2D eigenvalue weighted by molar-refractivity contribution is 7.92. The summed E-state index contributed by atoms with van der Waals surface area (Å²) in [5.41, 5.74) is 2.98. The van der Waals surface area contributed by atoms with Gasteiger partial charge in [-0.05, 0) is 55.7 Å². The van der Waals surface area contributed by atoms with Crippen molar-refractivity contribution in [2.24, 2.45) is 11.8 Å². The number of nitrogens with one attached hydrogen (secondary N) is 1. The second-order valence-electron chi connectivity index (χ2n) is 7.64. The lowest BCUT2D eigenvalue weighted by atomic mass is 10.1. The van der Waals surface area contributed by atoms with Crippen LogP contribution in [0.15, 0.2) is 24.4 Å². The number of carbonyl (C=O) groups excluding carboxylic acids is 1. The van der Waals surface area contributed by atoms with Crippen molar-refractivity contribution >= 4 is 26.6 Å². The molecule has 1 aliphatic rings. The molecule has 0 aliphatic heterocycles. The summed E-state index contributed by atoms with van der Waals surface area (Å²) in [6, 6.07) is 5.50. The lowest BCUT2D eigenvalue weighted by Gasteiger charge is -2.25. The number of carbonyl (C=O) groups is 1. The molecule has 0 radical (unpaired) electrons. The Morgan fingerprint density at radius 3 is 2.80 bits per heavy atom. The number of aliphatic hydroxyl groups excluding tert-OH is 1. The van der Waals surface area contributed by atoms with Crippen LogP contribution in [0.5, 0.6) is 0 Å². The standard InChI is InChI=1S/C21H23N3O5S/c1-21(20(26)23-27,30(2,28)29)9-10-24-19-8-7-15(11-17(19)13-22-24)5-3-4-6-16-12-18(16)14-25/h7-8,11,13,16,18,25,27H,9-10,12,14H2,1-2H3,(H,23,26)/t16-,18+,21+/m0/s1. The summed E-state index contributed by atoms with van der Waals surface area (Å²) >= 11 is 0. The van der Waals surface area contributed by atoms with Crippen molar-refractivity contribution in [3.63, 3.8) is 0 Å². The zero-order chi connectivity index (χ0) is 21.9. The fourth-order valence-electron chi connectivity index (χ4n) is 3.11. The van der Waals surface area contributed by atoms with Gasteiger partial charge in [-0.3, -0.25) is 14.7 Å². The predicted molar refractivity (Wildman–Crippen MR) is 111 cm³/mol. The van der Waals surface area contributed by atoms with Crippen molar-refractivity contribution in [3.8, 4) is 23.7 Å². The topological polar surface area (TPSA) is 122 Å². The molecule has 0 unspecified atom stereocenters. The molecule has 1 fully saturated rings. The fraction of sp³-hybridized carbons (Fsp3) is 0.429. The molecule has 158 valence electrons. The number of rotatable bonds is 6. The molecular formula is C21H23N3O5S. The van der Waals surface area contributed by atoms with Gasteiger partial charge in [-0.15, -0.1) is 0 Å². The quantitative estimate of drug-likeness (QED) is 0.353. The summed E-state index contributed by atoms with van der Waals surface area (Å²) in [4.78, 5) is 11.9. The first-order valence-corrected chi connectivity index (χ1v) is 11.3. The summed E-state index contributed by atoms with van der Waals surface area (Å²) in [6.07, 6.45) is 3.48. The van der Waals surface area contributed by atoms with Crippen molar-refractivity contribution in [3.05, 3.63) is 30.0 Å². The van der Waals surface area contributed by atoms with Crippen LogP contribution in [-0.2, 0) is 21.2 Å². The molecule has 30 heavy (non-hydrogen) atoms. The summed E-state index contributed by atoms with van der Waals surface area (Å²) in [5.74, 6) is 11.2. The molecule has 3 N–H and O–H groups in total. The van der Waals surface area contributed by atoms with Gasteiger partial charge < -0.3 is 5.11 Å². The summed E-state index contributed by atoms with van der Waals surface area (Å²) in [5, 5.41) is 23.0. The first kappa shape index (κ1) is 21.8. The summed E-state index contributed by atoms with van der Waals surface area (Å²) in [6.45, 7) is 1.62. The molecule has 1 heterocycles. The van der Waals surface area contributed by atoms with Gasteiger partial charge in [0.05, 0.1) is 11.7 Å². The maximum Gasteiger partial charge on any atom is 0.264 e. The van der Waals surface area contributed by atoms with Crippen LogP contribution >= 0.6 is 0 Å². The van der Waals surface area contributed by atoms with Crippen molar-refractivity contribution in [2.75, 3.05) is 12.9 Å². The van der Waals surface area contributed by atoms with Crippen LogP contribution in [0.4, 0.5) is 0 Å². The molecule has 1 amide bonds. The second kappa shape index (κ2) is 8.49. The number of hydrogen-bond acceptors (Lipinski definition) is 6. The zero-order valence-electron chi connectivity index (χ0n) is 16.7. The molecule has 0 saturated heterocycles. The van der Waals surface area contributed by atoms with Crippen molar-refractivity contribution < 1.29 is 23.5 Å². The maximum atomic E-state index is 12.1. The number of sulfone groups is 1. The van der Waals surface area contributed by atoms with Crippen LogP contribution in [0, 0.1) is 35.5 Å². The average Bonchev–Trinajstić information content (AvgIpc) is 3.37. The number of amides is 1. The molecule has 9 heteroatoms. The Hall–Kier alpha value is -2.85. The SMILES string of the molecule is C[C@@](CCn1ncc2cc(C#CC#C[C@H]3C[C@@H]3CO)ccc21)(C(=O)NO)S(C)(=O)=O. The number of hydrogen-bond donors (Lipinski definition) is 3. The van der Waals surface area contributed by atoms with Crippen LogP contribution in [0.1, 0.15) is 25.3 Å². The molecule has 8 nitrogen and oxygen atoms in total. The number of aryl methyl sites for hydroxylation is 1. The van der Waals surface area contributed by atoms with Crippen molar-refractivity contribution in [1.29, 1.82) is 0 Å². The summed E-state index contributed by atoms with van der Waals surface area (Å²) in [7, 11) is -3.77. The summed E-state index contributed by atoms with van der Waals surface area (Å²) < 4.78 is 24.0. The first-order chi connectivity index (χ1) is 14.2. The third kappa shape index (κ3) is 4.49. The Kier molecular flexibility index (Phi) is 6.18. The average molecular weight is 429 g/mol. The lowest BCUT2D eigenvalue weighted by Crippen LogP contribution is -2.49. The van der Waals surface area contributed by atoms with E-state index in [4.69, 9.17) is 10.3 Å². The highest BCUT2D eigenvalue weighted by atomic mass is 32.2. The number of aliphatic hydroxyl groups is 1. The molecule has 2 aromatic rings. The number of fused-ring (bicyclic) bond motifs is 1. The van der Waals surface area contributed by atoms with E-state index >= 15 is 0 Å². The Labute approximate surface area is 175 Å². The van der Waals surface area contributed by atoms with Gasteiger partial charge in [0.2, 0.25) is 0 Å². The molecule has 1 aromatic heterocycles. The molecule has 3 atom stereocenters. The van der Waals surface area contributed by atoms with E-state index in [0.717, 1.165) is 29.1 Å². The van der Waals surface area contributed by atoms with E-state index in [2.05, 4.69) is 28.8 Å². The van der Waals surface area contributed by atoms with E-state index in [9.17, 15) is 13.2 Å². The molecule has 1 aliphatic carbocycles. The van der Waals surface area contributed by atoms with Gasteiger partial charge in [0.15, 0.2) is 14.6 Å². The molecule has 3 rings (SSSR count). The van der Waals surface area contributed by atoms with E-state index in [1.807, 2.05) is 18.2 Å². The number of hydroxylamine groups is 1. The normalized spacial score (nSPS) is 19.7. The number of nitrogens with zero attached hydrogens (tertiary/aromatic N) is 2. The molecule has 0 spiro atoms. The highest BCUT2D eigenvalue weighted by Gasteiger charge is 2.43. The third-order valence-corrected chi connectivity index (χ3v) is 7.55. The van der Waals surface area contributed by atoms with Gasteiger partial charge >= 0.3 is 0 Å². The fourth-order valence-corrected chi connectivity index (χ4v) is 3.95. The van der Waals surface area contributed by atoms with Gasteiger partial charge in [-0.25, -0.2) is 13.9 Å². The van der Waals surface area contributed by atoms with Crippen molar-refractivity contribution in [1.82, 2.24) is 15.3 Å². The van der Waals surface area contributed by atoms with Gasteiger partial charge in [0.25, 0.3) is 5.91 Å². The monoisotopic (exact) mass is 429 g/mol. The van der Waals surface area contributed by atoms with E-state index in [0.29, 0.717) is 0 Å². The third-order valence-electron chi connectivity index (χ3n) is 5.53. The van der Waals surface area contributed by atoms with E-state index in [1.54, 1.807) is 10.9 Å². The van der Waals surface area contributed by atoms with Crippen LogP contribution in [0.2, 0.25) is 0 Å². The van der Waals surface area contributed by atoms with Crippen LogP contribution in [-0.4, -0.2) is 52.0 Å². The van der Waals surface area contributed by atoms with E-state index in [-0.39, 0.29) is 31.4 Å². The smallest absolute Gasteiger partial charge is 0.264 e. The van der Waals surface area contributed by atoms with Gasteiger partial charge in [-0.1, -0.05) is 11.8 Å². The minimum atomic E-state index is -3.77.